The fourth-order valence-corrected chi connectivity index (χ4v) is 1.01. The van der Waals surface area contributed by atoms with Crippen molar-refractivity contribution in [3.8, 4) is 0 Å². The van der Waals surface area contributed by atoms with Crippen molar-refractivity contribution in [2.45, 2.75) is 13.0 Å². The van der Waals surface area contributed by atoms with Crippen LogP contribution in [0.3, 0.4) is 0 Å². The van der Waals surface area contributed by atoms with Crippen molar-refractivity contribution in [2.75, 3.05) is 26.9 Å². The Kier molecular flexibility index (Phi) is 3.39. The topological polar surface area (TPSA) is 27.7 Å². The second kappa shape index (κ2) is 4.36. The highest BCUT2D eigenvalue weighted by atomic mass is 16.6. The lowest BCUT2D eigenvalue weighted by Crippen LogP contribution is -2.29. The molecule has 64 valence electrons. The molecule has 3 heteroatoms. The van der Waals surface area contributed by atoms with Gasteiger partial charge in [-0.25, -0.2) is 0 Å². The van der Waals surface area contributed by atoms with Crippen LogP contribution in [-0.4, -0.2) is 33.0 Å². The average Bonchev–Trinajstić information content (AvgIpc) is 2.07. The van der Waals surface area contributed by atoms with Crippen molar-refractivity contribution in [1.82, 2.24) is 0 Å². The highest BCUT2D eigenvalue weighted by Gasteiger charge is 2.15. The Labute approximate surface area is 66.9 Å². The number of hydrogen-bond acceptors (Lipinski definition) is 3. The van der Waals surface area contributed by atoms with E-state index < -0.39 is 0 Å². The first-order valence-corrected chi connectivity index (χ1v) is 3.73. The molecule has 1 fully saturated rings. The molecule has 0 radical (unpaired) electrons. The standard InChI is InChI=1S/C8H14O3/c1-7(5-9-2)8-6-10-3-4-11-8/h5,8H,3-4,6H2,1-2H3/b7-5-. The molecular weight excluding hydrogens is 144 g/mol. The van der Waals surface area contributed by atoms with Crippen LogP contribution in [0.15, 0.2) is 11.8 Å². The number of methoxy groups -OCH3 is 1. The highest BCUT2D eigenvalue weighted by Crippen LogP contribution is 2.10. The summed E-state index contributed by atoms with van der Waals surface area (Å²) in [5.74, 6) is 0. The van der Waals surface area contributed by atoms with E-state index in [0.717, 1.165) is 5.57 Å². The van der Waals surface area contributed by atoms with Gasteiger partial charge < -0.3 is 14.2 Å². The molecular formula is C8H14O3. The SMILES string of the molecule is CO/C=C(/C)C1COCCO1. The Bertz CT molecular complexity index is 136. The van der Waals surface area contributed by atoms with E-state index in [1.165, 1.54) is 0 Å². The van der Waals surface area contributed by atoms with Crippen LogP contribution < -0.4 is 0 Å². The summed E-state index contributed by atoms with van der Waals surface area (Å²) < 4.78 is 15.5. The summed E-state index contributed by atoms with van der Waals surface area (Å²) in [5.41, 5.74) is 1.08. The first-order chi connectivity index (χ1) is 5.34. The fourth-order valence-electron chi connectivity index (χ4n) is 1.01. The van der Waals surface area contributed by atoms with Crippen molar-refractivity contribution in [3.05, 3.63) is 11.8 Å². The predicted octanol–water partition coefficient (Wildman–Crippen LogP) is 0.952. The van der Waals surface area contributed by atoms with Crippen molar-refractivity contribution in [1.29, 1.82) is 0 Å². The Hall–Kier alpha value is -0.540. The second-order valence-electron chi connectivity index (χ2n) is 2.53. The Morgan fingerprint density at radius 3 is 2.91 bits per heavy atom. The Balaban J connectivity index is 2.38. The maximum atomic E-state index is 5.42. The summed E-state index contributed by atoms with van der Waals surface area (Å²) in [6.45, 7) is 4.00. The summed E-state index contributed by atoms with van der Waals surface area (Å²) in [7, 11) is 1.63. The van der Waals surface area contributed by atoms with Gasteiger partial charge in [-0.2, -0.15) is 0 Å². The molecule has 1 saturated heterocycles. The molecule has 11 heavy (non-hydrogen) atoms. The van der Waals surface area contributed by atoms with E-state index >= 15 is 0 Å². The van der Waals surface area contributed by atoms with Crippen LogP contribution in [0.2, 0.25) is 0 Å². The maximum absolute atomic E-state index is 5.42. The third-order valence-corrected chi connectivity index (χ3v) is 1.63. The smallest absolute Gasteiger partial charge is 0.105 e. The lowest BCUT2D eigenvalue weighted by Gasteiger charge is -2.23. The maximum Gasteiger partial charge on any atom is 0.105 e. The number of hydrogen-bond donors (Lipinski definition) is 0. The first-order valence-electron chi connectivity index (χ1n) is 3.73. The van der Waals surface area contributed by atoms with E-state index in [9.17, 15) is 0 Å². The molecule has 0 bridgehead atoms. The molecule has 0 spiro atoms. The largest absolute Gasteiger partial charge is 0.504 e. The molecule has 0 aromatic carbocycles. The molecule has 1 atom stereocenters. The molecule has 0 aliphatic carbocycles. The molecule has 1 unspecified atom stereocenters. The second-order valence-corrected chi connectivity index (χ2v) is 2.53. The van der Waals surface area contributed by atoms with E-state index in [0.29, 0.717) is 19.8 Å². The average molecular weight is 158 g/mol. The Morgan fingerprint density at radius 2 is 2.36 bits per heavy atom. The van der Waals surface area contributed by atoms with Crippen LogP contribution >= 0.6 is 0 Å². The normalized spacial score (nSPS) is 26.7. The van der Waals surface area contributed by atoms with E-state index in [-0.39, 0.29) is 6.10 Å². The zero-order valence-electron chi connectivity index (χ0n) is 7.00. The van der Waals surface area contributed by atoms with E-state index in [1.807, 2.05) is 6.92 Å². The first kappa shape index (κ1) is 8.56. The molecule has 3 nitrogen and oxygen atoms in total. The van der Waals surface area contributed by atoms with E-state index in [4.69, 9.17) is 14.2 Å². The van der Waals surface area contributed by atoms with Crippen LogP contribution in [0.25, 0.3) is 0 Å². The summed E-state index contributed by atoms with van der Waals surface area (Å²) in [4.78, 5) is 0. The predicted molar refractivity (Wildman–Crippen MR) is 41.3 cm³/mol. The fraction of sp³-hybridized carbons (Fsp3) is 0.750. The van der Waals surface area contributed by atoms with Gasteiger partial charge in [0.15, 0.2) is 0 Å². The van der Waals surface area contributed by atoms with Gasteiger partial charge in [-0.15, -0.1) is 0 Å². The van der Waals surface area contributed by atoms with Crippen molar-refractivity contribution < 1.29 is 14.2 Å². The van der Waals surface area contributed by atoms with Gasteiger partial charge >= 0.3 is 0 Å². The summed E-state index contributed by atoms with van der Waals surface area (Å²) in [5, 5.41) is 0. The van der Waals surface area contributed by atoms with Gasteiger partial charge in [-0.1, -0.05) is 0 Å². The molecule has 0 amide bonds. The molecule has 0 aromatic rings. The highest BCUT2D eigenvalue weighted by molar-refractivity contribution is 5.02. The molecule has 1 rings (SSSR count). The van der Waals surface area contributed by atoms with Gasteiger partial charge in [-0.05, 0) is 12.5 Å². The molecule has 1 heterocycles. The van der Waals surface area contributed by atoms with Gasteiger partial charge in [0.05, 0.1) is 33.2 Å². The third-order valence-electron chi connectivity index (χ3n) is 1.63. The van der Waals surface area contributed by atoms with Crippen molar-refractivity contribution >= 4 is 0 Å². The molecule has 0 aromatic heterocycles. The molecule has 0 saturated carbocycles. The zero-order valence-corrected chi connectivity index (χ0v) is 7.00. The van der Waals surface area contributed by atoms with Gasteiger partial charge in [0.1, 0.15) is 6.10 Å². The van der Waals surface area contributed by atoms with Crippen molar-refractivity contribution in [3.63, 3.8) is 0 Å². The van der Waals surface area contributed by atoms with Crippen LogP contribution in [0.4, 0.5) is 0 Å². The van der Waals surface area contributed by atoms with Crippen LogP contribution in [0.5, 0.6) is 0 Å². The van der Waals surface area contributed by atoms with Crippen LogP contribution in [-0.2, 0) is 14.2 Å². The van der Waals surface area contributed by atoms with Crippen molar-refractivity contribution in [2.24, 2.45) is 0 Å². The summed E-state index contributed by atoms with van der Waals surface area (Å²) in [6.07, 6.45) is 1.78. The quantitative estimate of drug-likeness (QED) is 0.560. The number of ether oxygens (including phenoxy) is 3. The minimum atomic E-state index is 0.0868. The van der Waals surface area contributed by atoms with E-state index in [2.05, 4.69) is 0 Å². The molecule has 1 aliphatic rings. The van der Waals surface area contributed by atoms with Gasteiger partial charge in [0, 0.05) is 0 Å². The van der Waals surface area contributed by atoms with Gasteiger partial charge in [0.25, 0.3) is 0 Å². The minimum Gasteiger partial charge on any atom is -0.504 e. The van der Waals surface area contributed by atoms with E-state index in [1.54, 1.807) is 13.4 Å². The van der Waals surface area contributed by atoms with Gasteiger partial charge in [-0.3, -0.25) is 0 Å². The summed E-state index contributed by atoms with van der Waals surface area (Å²) >= 11 is 0. The van der Waals surface area contributed by atoms with Crippen LogP contribution in [0, 0.1) is 0 Å². The monoisotopic (exact) mass is 158 g/mol. The lowest BCUT2D eigenvalue weighted by molar-refractivity contribution is -0.0729. The molecule has 1 aliphatic heterocycles. The lowest BCUT2D eigenvalue weighted by atomic mass is 10.2. The third kappa shape index (κ3) is 2.52. The molecule has 0 N–H and O–H groups in total. The Morgan fingerprint density at radius 1 is 1.55 bits per heavy atom. The zero-order chi connectivity index (χ0) is 8.10. The summed E-state index contributed by atoms with van der Waals surface area (Å²) in [6, 6.07) is 0. The van der Waals surface area contributed by atoms with Gasteiger partial charge in [0.2, 0.25) is 0 Å². The number of rotatable bonds is 2. The van der Waals surface area contributed by atoms with Crippen LogP contribution in [0.1, 0.15) is 6.92 Å². The minimum absolute atomic E-state index is 0.0868.